The van der Waals surface area contributed by atoms with Gasteiger partial charge in [-0.05, 0) is 29.8 Å². The lowest BCUT2D eigenvalue weighted by molar-refractivity contribution is -0.387. The van der Waals surface area contributed by atoms with Crippen LogP contribution in [0.2, 0.25) is 0 Å². The fraction of sp³-hybridized carbons (Fsp3) is 0.0769. The molecule has 0 aliphatic carbocycles. The summed E-state index contributed by atoms with van der Waals surface area (Å²) in [4.78, 5) is 10.1. The third kappa shape index (κ3) is 3.24. The molecule has 0 amide bonds. The van der Waals surface area contributed by atoms with E-state index in [1.54, 1.807) is 6.07 Å². The molecule has 0 heterocycles. The normalized spacial score (nSPS) is 10.5. The molecule has 104 valence electrons. The summed E-state index contributed by atoms with van der Waals surface area (Å²) in [5, 5.41) is 10.5. The van der Waals surface area contributed by atoms with Gasteiger partial charge in [0.2, 0.25) is 5.82 Å². The number of hydrogen-bond donors (Lipinski definition) is 1. The van der Waals surface area contributed by atoms with Crippen LogP contribution in [0.1, 0.15) is 5.56 Å². The number of nitrogen functional groups attached to an aromatic ring is 1. The molecule has 2 rings (SSSR count). The van der Waals surface area contributed by atoms with Crippen molar-refractivity contribution in [2.24, 2.45) is 0 Å². The van der Waals surface area contributed by atoms with Gasteiger partial charge in [0.05, 0.1) is 4.92 Å². The summed E-state index contributed by atoms with van der Waals surface area (Å²) in [5.74, 6) is -1.04. The van der Waals surface area contributed by atoms with Crippen LogP contribution in [0.4, 0.5) is 20.2 Å². The molecule has 0 bridgehead atoms. The van der Waals surface area contributed by atoms with E-state index in [0.717, 1.165) is 23.9 Å². The first kappa shape index (κ1) is 14.3. The number of nitro groups is 1. The molecule has 0 unspecified atom stereocenters. The number of rotatable bonds is 4. The monoisotopic (exact) mass is 296 g/mol. The average molecular weight is 296 g/mol. The fourth-order valence-corrected chi connectivity index (χ4v) is 2.45. The van der Waals surface area contributed by atoms with Crippen LogP contribution in [-0.2, 0) is 5.75 Å². The molecule has 0 spiro atoms. The highest BCUT2D eigenvalue weighted by atomic mass is 32.2. The molecule has 2 aromatic rings. The van der Waals surface area contributed by atoms with E-state index in [2.05, 4.69) is 0 Å². The maximum absolute atomic E-state index is 13.5. The van der Waals surface area contributed by atoms with Gasteiger partial charge in [-0.3, -0.25) is 10.1 Å². The summed E-state index contributed by atoms with van der Waals surface area (Å²) in [5.41, 5.74) is 5.73. The molecule has 4 nitrogen and oxygen atoms in total. The molecule has 0 aromatic heterocycles. The SMILES string of the molecule is Nc1ccc(SCc2ccc([N+](=O)[O-])c(F)c2)c(F)c1. The van der Waals surface area contributed by atoms with Gasteiger partial charge >= 0.3 is 5.69 Å². The van der Waals surface area contributed by atoms with Crippen molar-refractivity contribution >= 4 is 23.1 Å². The lowest BCUT2D eigenvalue weighted by Gasteiger charge is -2.04. The van der Waals surface area contributed by atoms with Crippen molar-refractivity contribution in [2.75, 3.05) is 5.73 Å². The van der Waals surface area contributed by atoms with Crippen molar-refractivity contribution in [1.29, 1.82) is 0 Å². The molecule has 0 saturated carbocycles. The van der Waals surface area contributed by atoms with E-state index < -0.39 is 22.2 Å². The number of anilines is 1. The van der Waals surface area contributed by atoms with E-state index in [1.165, 1.54) is 18.2 Å². The standard InChI is InChI=1S/C13H10F2N2O2S/c14-10-5-8(1-3-12(10)17(18)19)7-20-13-4-2-9(16)6-11(13)15/h1-6H,7,16H2. The Hall–Kier alpha value is -2.15. The van der Waals surface area contributed by atoms with Gasteiger partial charge in [0.25, 0.3) is 0 Å². The zero-order chi connectivity index (χ0) is 14.7. The summed E-state index contributed by atoms with van der Waals surface area (Å²) in [6, 6.07) is 7.95. The minimum Gasteiger partial charge on any atom is -0.399 e. The van der Waals surface area contributed by atoms with Crippen molar-refractivity contribution in [1.82, 2.24) is 0 Å². The molecule has 2 N–H and O–H groups in total. The van der Waals surface area contributed by atoms with E-state index in [-0.39, 0.29) is 0 Å². The van der Waals surface area contributed by atoms with Gasteiger partial charge in [-0.2, -0.15) is 4.39 Å². The maximum atomic E-state index is 13.5. The lowest BCUT2D eigenvalue weighted by Crippen LogP contribution is -1.94. The van der Waals surface area contributed by atoms with Gasteiger partial charge in [0.15, 0.2) is 0 Å². The summed E-state index contributed by atoms with van der Waals surface area (Å²) < 4.78 is 27.0. The Kier molecular flexibility index (Phi) is 4.19. The predicted molar refractivity (Wildman–Crippen MR) is 73.4 cm³/mol. The van der Waals surface area contributed by atoms with Crippen LogP contribution in [0.5, 0.6) is 0 Å². The first-order chi connectivity index (χ1) is 9.47. The van der Waals surface area contributed by atoms with Crippen molar-refractivity contribution in [2.45, 2.75) is 10.6 Å². The zero-order valence-corrected chi connectivity index (χ0v) is 11.0. The van der Waals surface area contributed by atoms with Crippen LogP contribution in [-0.4, -0.2) is 4.92 Å². The van der Waals surface area contributed by atoms with Gasteiger partial charge in [-0.25, -0.2) is 4.39 Å². The molecule has 0 fully saturated rings. The number of benzene rings is 2. The van der Waals surface area contributed by atoms with Gasteiger partial charge < -0.3 is 5.73 Å². The second-order valence-electron chi connectivity index (χ2n) is 4.02. The number of hydrogen-bond acceptors (Lipinski definition) is 4. The molecule has 0 saturated heterocycles. The van der Waals surface area contributed by atoms with Crippen LogP contribution >= 0.6 is 11.8 Å². The highest BCUT2D eigenvalue weighted by Crippen LogP contribution is 2.28. The summed E-state index contributed by atoms with van der Waals surface area (Å²) in [6.07, 6.45) is 0. The van der Waals surface area contributed by atoms with Crippen molar-refractivity contribution in [3.8, 4) is 0 Å². The van der Waals surface area contributed by atoms with Gasteiger partial charge in [0.1, 0.15) is 5.82 Å². The fourth-order valence-electron chi connectivity index (χ4n) is 1.58. The van der Waals surface area contributed by atoms with Crippen LogP contribution in [0, 0.1) is 21.7 Å². The Morgan fingerprint density at radius 1 is 1.15 bits per heavy atom. The van der Waals surface area contributed by atoms with Crippen LogP contribution in [0.25, 0.3) is 0 Å². The number of nitro benzene ring substituents is 1. The maximum Gasteiger partial charge on any atom is 0.304 e. The van der Waals surface area contributed by atoms with Crippen LogP contribution in [0.15, 0.2) is 41.3 Å². The Bertz CT molecular complexity index is 665. The first-order valence-electron chi connectivity index (χ1n) is 5.58. The van der Waals surface area contributed by atoms with E-state index in [0.29, 0.717) is 21.9 Å². The summed E-state index contributed by atoms with van der Waals surface area (Å²) in [7, 11) is 0. The Balaban J connectivity index is 2.11. The third-order valence-corrected chi connectivity index (χ3v) is 3.68. The zero-order valence-electron chi connectivity index (χ0n) is 10.2. The van der Waals surface area contributed by atoms with Crippen LogP contribution in [0.3, 0.4) is 0 Å². The van der Waals surface area contributed by atoms with Crippen LogP contribution < -0.4 is 5.73 Å². The Labute approximate surface area is 117 Å². The van der Waals surface area contributed by atoms with Gasteiger partial charge in [-0.1, -0.05) is 6.07 Å². The van der Waals surface area contributed by atoms with Crippen molar-refractivity contribution in [3.05, 3.63) is 63.7 Å². The topological polar surface area (TPSA) is 69.2 Å². The van der Waals surface area contributed by atoms with E-state index in [1.807, 2.05) is 0 Å². The largest absolute Gasteiger partial charge is 0.399 e. The Morgan fingerprint density at radius 3 is 2.50 bits per heavy atom. The highest BCUT2D eigenvalue weighted by molar-refractivity contribution is 7.98. The third-order valence-electron chi connectivity index (χ3n) is 2.56. The smallest absolute Gasteiger partial charge is 0.304 e. The van der Waals surface area contributed by atoms with Gasteiger partial charge in [0, 0.05) is 22.4 Å². The van der Waals surface area contributed by atoms with E-state index >= 15 is 0 Å². The Morgan fingerprint density at radius 2 is 1.90 bits per heavy atom. The van der Waals surface area contributed by atoms with Gasteiger partial charge in [-0.15, -0.1) is 11.8 Å². The number of nitrogens with two attached hydrogens (primary N) is 1. The average Bonchev–Trinajstić information content (AvgIpc) is 2.37. The van der Waals surface area contributed by atoms with E-state index in [4.69, 9.17) is 5.73 Å². The molecule has 2 aromatic carbocycles. The van der Waals surface area contributed by atoms with Crippen molar-refractivity contribution in [3.63, 3.8) is 0 Å². The number of nitrogens with zero attached hydrogens (tertiary/aromatic N) is 1. The molecule has 0 aliphatic heterocycles. The predicted octanol–water partition coefficient (Wildman–Crippen LogP) is 3.75. The summed E-state index contributed by atoms with van der Waals surface area (Å²) >= 11 is 1.16. The molecule has 0 radical (unpaired) electrons. The first-order valence-corrected chi connectivity index (χ1v) is 6.56. The second kappa shape index (κ2) is 5.87. The quantitative estimate of drug-likeness (QED) is 0.404. The molecular formula is C13H10F2N2O2S. The van der Waals surface area contributed by atoms with Crippen molar-refractivity contribution < 1.29 is 13.7 Å². The molecule has 0 atom stereocenters. The minimum atomic E-state index is -0.897. The molecule has 0 aliphatic rings. The second-order valence-corrected chi connectivity index (χ2v) is 5.04. The molecular weight excluding hydrogens is 286 g/mol. The van der Waals surface area contributed by atoms with E-state index in [9.17, 15) is 18.9 Å². The number of thioether (sulfide) groups is 1. The molecule has 7 heteroatoms. The number of halogens is 2. The molecule has 20 heavy (non-hydrogen) atoms. The minimum absolute atomic E-state index is 0.301. The summed E-state index contributed by atoms with van der Waals surface area (Å²) in [6.45, 7) is 0. The highest BCUT2D eigenvalue weighted by Gasteiger charge is 2.14. The lowest BCUT2D eigenvalue weighted by atomic mass is 10.2.